The van der Waals surface area contributed by atoms with Gasteiger partial charge in [0.2, 0.25) is 10.0 Å². The Bertz CT molecular complexity index is 644. The van der Waals surface area contributed by atoms with Gasteiger partial charge in [0.25, 0.3) is 0 Å². The summed E-state index contributed by atoms with van der Waals surface area (Å²) >= 11 is 0. The zero-order valence-corrected chi connectivity index (χ0v) is 12.2. The molecule has 0 saturated heterocycles. The molecule has 0 heterocycles. The molecule has 0 saturated carbocycles. The first-order valence-corrected chi connectivity index (χ1v) is 7.97. The van der Waals surface area contributed by atoms with Gasteiger partial charge in [0, 0.05) is 6.54 Å². The van der Waals surface area contributed by atoms with E-state index in [4.69, 9.17) is 4.74 Å². The summed E-state index contributed by atoms with van der Waals surface area (Å²) in [5, 5.41) is 9.77. The molecule has 0 aliphatic rings. The average Bonchev–Trinajstić information content (AvgIpc) is 2.53. The molecule has 0 aliphatic carbocycles. The summed E-state index contributed by atoms with van der Waals surface area (Å²) in [7, 11) is -3.60. The molecule has 2 rings (SSSR count). The maximum atomic E-state index is 11.9. The third-order valence-electron chi connectivity index (χ3n) is 2.75. The molecular weight excluding hydrogens is 290 g/mol. The van der Waals surface area contributed by atoms with Gasteiger partial charge in [-0.05, 0) is 24.3 Å². The third-order valence-corrected chi connectivity index (χ3v) is 4.19. The summed E-state index contributed by atoms with van der Waals surface area (Å²) in [4.78, 5) is 0.168. The number of para-hydroxylation sites is 1. The molecule has 0 radical (unpaired) electrons. The highest BCUT2D eigenvalue weighted by Gasteiger charge is 2.15. The van der Waals surface area contributed by atoms with Crippen molar-refractivity contribution >= 4 is 10.0 Å². The highest BCUT2D eigenvalue weighted by molar-refractivity contribution is 7.89. The van der Waals surface area contributed by atoms with E-state index in [0.29, 0.717) is 5.75 Å². The maximum absolute atomic E-state index is 11.9. The zero-order valence-electron chi connectivity index (χ0n) is 11.3. The Kier molecular flexibility index (Phi) is 5.32. The van der Waals surface area contributed by atoms with E-state index in [-0.39, 0.29) is 18.0 Å². The van der Waals surface area contributed by atoms with Crippen LogP contribution in [0.5, 0.6) is 5.75 Å². The summed E-state index contributed by atoms with van der Waals surface area (Å²) in [6, 6.07) is 17.0. The van der Waals surface area contributed by atoms with Gasteiger partial charge < -0.3 is 9.84 Å². The van der Waals surface area contributed by atoms with Crippen LogP contribution < -0.4 is 9.46 Å². The molecule has 5 nitrogen and oxygen atoms in total. The summed E-state index contributed by atoms with van der Waals surface area (Å²) in [6.45, 7) is -0.0919. The summed E-state index contributed by atoms with van der Waals surface area (Å²) < 4.78 is 31.6. The summed E-state index contributed by atoms with van der Waals surface area (Å²) in [5.41, 5.74) is 0. The predicted molar refractivity (Wildman–Crippen MR) is 79.6 cm³/mol. The number of sulfonamides is 1. The molecule has 2 aromatic carbocycles. The molecule has 21 heavy (non-hydrogen) atoms. The summed E-state index contributed by atoms with van der Waals surface area (Å²) in [5.74, 6) is 0.627. The molecule has 1 unspecified atom stereocenters. The van der Waals surface area contributed by atoms with Crippen LogP contribution >= 0.6 is 0 Å². The molecule has 2 N–H and O–H groups in total. The second kappa shape index (κ2) is 7.21. The molecule has 0 spiro atoms. The van der Waals surface area contributed by atoms with Crippen LogP contribution in [0.1, 0.15) is 0 Å². The number of rotatable bonds is 7. The fraction of sp³-hybridized carbons (Fsp3) is 0.200. The van der Waals surface area contributed by atoms with E-state index >= 15 is 0 Å². The fourth-order valence-corrected chi connectivity index (χ4v) is 2.75. The van der Waals surface area contributed by atoms with Crippen molar-refractivity contribution in [1.82, 2.24) is 4.72 Å². The number of ether oxygens (including phenoxy) is 1. The minimum absolute atomic E-state index is 0.0152. The Labute approximate surface area is 124 Å². The zero-order chi connectivity index (χ0) is 15.1. The van der Waals surface area contributed by atoms with Crippen LogP contribution in [0.25, 0.3) is 0 Å². The lowest BCUT2D eigenvalue weighted by atomic mass is 10.3. The lowest BCUT2D eigenvalue weighted by Crippen LogP contribution is -2.35. The van der Waals surface area contributed by atoms with Crippen molar-refractivity contribution in [2.45, 2.75) is 11.0 Å². The van der Waals surface area contributed by atoms with Gasteiger partial charge in [-0.1, -0.05) is 36.4 Å². The van der Waals surface area contributed by atoms with E-state index in [2.05, 4.69) is 4.72 Å². The Morgan fingerprint density at radius 3 is 2.19 bits per heavy atom. The normalized spacial score (nSPS) is 12.8. The van der Waals surface area contributed by atoms with E-state index in [1.807, 2.05) is 18.2 Å². The van der Waals surface area contributed by atoms with Gasteiger partial charge in [-0.3, -0.25) is 0 Å². The van der Waals surface area contributed by atoms with Gasteiger partial charge in [-0.25, -0.2) is 13.1 Å². The van der Waals surface area contributed by atoms with Crippen LogP contribution in [-0.2, 0) is 10.0 Å². The standard InChI is InChI=1S/C15H17NO4S/c17-13(12-20-14-7-3-1-4-8-14)11-16-21(18,19)15-9-5-2-6-10-15/h1-10,13,16-17H,11-12H2. The summed E-state index contributed by atoms with van der Waals surface area (Å²) in [6.07, 6.45) is -0.927. The first-order chi connectivity index (χ1) is 10.1. The van der Waals surface area contributed by atoms with Crippen LogP contribution in [0, 0.1) is 0 Å². The van der Waals surface area contributed by atoms with Gasteiger partial charge >= 0.3 is 0 Å². The number of aliphatic hydroxyl groups excluding tert-OH is 1. The molecular formula is C15H17NO4S. The Morgan fingerprint density at radius 2 is 1.57 bits per heavy atom. The molecule has 0 aliphatic heterocycles. The molecule has 112 valence electrons. The smallest absolute Gasteiger partial charge is 0.240 e. The SMILES string of the molecule is O=S(=O)(NCC(O)COc1ccccc1)c1ccccc1. The minimum Gasteiger partial charge on any atom is -0.491 e. The maximum Gasteiger partial charge on any atom is 0.240 e. The van der Waals surface area contributed by atoms with Crippen LogP contribution in [0.4, 0.5) is 0 Å². The lowest BCUT2D eigenvalue weighted by Gasteiger charge is -2.13. The predicted octanol–water partition coefficient (Wildman–Crippen LogP) is 1.40. The molecule has 0 aromatic heterocycles. The van der Waals surface area contributed by atoms with Crippen LogP contribution in [0.15, 0.2) is 65.6 Å². The highest BCUT2D eigenvalue weighted by atomic mass is 32.2. The van der Waals surface area contributed by atoms with Crippen LogP contribution in [-0.4, -0.2) is 32.8 Å². The lowest BCUT2D eigenvalue weighted by molar-refractivity contribution is 0.111. The highest BCUT2D eigenvalue weighted by Crippen LogP contribution is 2.09. The van der Waals surface area contributed by atoms with Crippen molar-refractivity contribution in [2.24, 2.45) is 0 Å². The van der Waals surface area contributed by atoms with Crippen molar-refractivity contribution in [3.63, 3.8) is 0 Å². The van der Waals surface area contributed by atoms with E-state index in [0.717, 1.165) is 0 Å². The third kappa shape index (κ3) is 4.86. The topological polar surface area (TPSA) is 75.6 Å². The monoisotopic (exact) mass is 307 g/mol. The van der Waals surface area contributed by atoms with Crippen LogP contribution in [0.2, 0.25) is 0 Å². The second-order valence-corrected chi connectivity index (χ2v) is 6.21. The van der Waals surface area contributed by atoms with Gasteiger partial charge in [0.15, 0.2) is 0 Å². The minimum atomic E-state index is -3.60. The Balaban J connectivity index is 1.82. The fourth-order valence-electron chi connectivity index (χ4n) is 1.66. The average molecular weight is 307 g/mol. The van der Waals surface area contributed by atoms with Crippen molar-refractivity contribution in [1.29, 1.82) is 0 Å². The largest absolute Gasteiger partial charge is 0.491 e. The van der Waals surface area contributed by atoms with E-state index in [9.17, 15) is 13.5 Å². The van der Waals surface area contributed by atoms with E-state index in [1.54, 1.807) is 30.3 Å². The first kappa shape index (κ1) is 15.5. The van der Waals surface area contributed by atoms with Gasteiger partial charge in [-0.2, -0.15) is 0 Å². The van der Waals surface area contributed by atoms with E-state index < -0.39 is 16.1 Å². The van der Waals surface area contributed by atoms with Crippen molar-refractivity contribution < 1.29 is 18.3 Å². The molecule has 0 amide bonds. The number of hydrogen-bond acceptors (Lipinski definition) is 4. The molecule has 0 fully saturated rings. The Hall–Kier alpha value is -1.89. The number of benzene rings is 2. The molecule has 2 aromatic rings. The van der Waals surface area contributed by atoms with Crippen molar-refractivity contribution in [3.05, 3.63) is 60.7 Å². The van der Waals surface area contributed by atoms with Crippen molar-refractivity contribution in [3.8, 4) is 5.75 Å². The van der Waals surface area contributed by atoms with E-state index in [1.165, 1.54) is 12.1 Å². The number of nitrogens with one attached hydrogen (secondary N) is 1. The van der Waals surface area contributed by atoms with Crippen LogP contribution in [0.3, 0.4) is 0 Å². The van der Waals surface area contributed by atoms with Gasteiger partial charge in [0.05, 0.1) is 4.90 Å². The molecule has 6 heteroatoms. The second-order valence-electron chi connectivity index (χ2n) is 4.44. The first-order valence-electron chi connectivity index (χ1n) is 6.48. The molecule has 0 bridgehead atoms. The quantitative estimate of drug-likeness (QED) is 0.811. The molecule has 1 atom stereocenters. The number of aliphatic hydroxyl groups is 1. The Morgan fingerprint density at radius 1 is 1.00 bits per heavy atom. The van der Waals surface area contributed by atoms with Gasteiger partial charge in [0.1, 0.15) is 18.5 Å². The van der Waals surface area contributed by atoms with Crippen molar-refractivity contribution in [2.75, 3.05) is 13.2 Å². The van der Waals surface area contributed by atoms with Gasteiger partial charge in [-0.15, -0.1) is 0 Å². The number of hydrogen-bond donors (Lipinski definition) is 2.